The number of benzene rings is 2. The van der Waals surface area contributed by atoms with E-state index in [-0.39, 0.29) is 11.9 Å². The Morgan fingerprint density at radius 3 is 2.66 bits per heavy atom. The third-order valence-electron chi connectivity index (χ3n) is 7.40. The average molecular weight is 496 g/mol. The summed E-state index contributed by atoms with van der Waals surface area (Å²) in [4.78, 5) is 15.9. The molecule has 1 fully saturated rings. The molecular weight excluding hydrogens is 463 g/mol. The van der Waals surface area contributed by atoms with Crippen molar-refractivity contribution >= 4 is 36.3 Å². The average Bonchev–Trinajstić information content (AvgIpc) is 3.09. The number of aromatic nitrogens is 1. The van der Waals surface area contributed by atoms with Gasteiger partial charge in [-0.25, -0.2) is 0 Å². The fraction of sp³-hybridized carbons (Fsp3) is 0.444. The van der Waals surface area contributed by atoms with Crippen LogP contribution in [0.1, 0.15) is 43.1 Å². The number of hydrogen-bond acceptors (Lipinski definition) is 3. The first-order valence-electron chi connectivity index (χ1n) is 11.8. The van der Waals surface area contributed by atoms with Crippen LogP contribution < -0.4 is 4.46 Å². The van der Waals surface area contributed by atoms with Crippen molar-refractivity contribution < 1.29 is 9.53 Å². The van der Waals surface area contributed by atoms with Crippen LogP contribution in [-0.2, 0) is 9.53 Å². The van der Waals surface area contributed by atoms with Gasteiger partial charge in [-0.2, -0.15) is 0 Å². The number of carbonyl (C=O) groups excluding carboxylic acids is 1. The van der Waals surface area contributed by atoms with E-state index in [0.717, 1.165) is 19.4 Å². The van der Waals surface area contributed by atoms with Crippen molar-refractivity contribution in [3.63, 3.8) is 0 Å². The summed E-state index contributed by atoms with van der Waals surface area (Å²) in [6.07, 6.45) is 2.51. The summed E-state index contributed by atoms with van der Waals surface area (Å²) in [5.74, 6) is 0.599. The molecule has 2 bridgehead atoms. The van der Waals surface area contributed by atoms with E-state index in [0.29, 0.717) is 39.6 Å². The van der Waals surface area contributed by atoms with Crippen LogP contribution >= 0.6 is 0 Å². The molecule has 0 N–H and O–H groups in total. The van der Waals surface area contributed by atoms with E-state index in [1.807, 2.05) is 6.92 Å². The van der Waals surface area contributed by atoms with E-state index in [4.69, 9.17) is 4.74 Å². The van der Waals surface area contributed by atoms with Crippen LogP contribution in [0, 0.1) is 18.8 Å². The van der Waals surface area contributed by atoms with Gasteiger partial charge in [-0.3, -0.25) is 0 Å². The molecule has 2 unspecified atom stereocenters. The van der Waals surface area contributed by atoms with Crippen molar-refractivity contribution in [1.82, 2.24) is 9.47 Å². The number of likely N-dealkylation sites (tertiary alicyclic amines) is 1. The first-order chi connectivity index (χ1) is 15.6. The number of ether oxygens (including phenoxy) is 1. The third-order valence-corrected chi connectivity index (χ3v) is 9.60. The maximum atomic E-state index is 13.4. The fourth-order valence-electron chi connectivity index (χ4n) is 6.08. The number of carbonyl (C=O) groups is 1. The summed E-state index contributed by atoms with van der Waals surface area (Å²) in [6, 6.07) is 19.5. The molecule has 2 aromatic carbocycles. The molecule has 5 heteroatoms. The minimum atomic E-state index is -0.165. The van der Waals surface area contributed by atoms with Crippen molar-refractivity contribution in [2.75, 3.05) is 20.2 Å². The first kappa shape index (κ1) is 21.8. The Hall–Kier alpha value is -2.07. The van der Waals surface area contributed by atoms with E-state index in [2.05, 4.69) is 78.0 Å². The van der Waals surface area contributed by atoms with Gasteiger partial charge in [0.05, 0.1) is 0 Å². The summed E-state index contributed by atoms with van der Waals surface area (Å²) in [6.45, 7) is 5.57. The Kier molecular flexibility index (Phi) is 6.16. The molecule has 0 amide bonds. The molecule has 5 rings (SSSR count). The maximum absolute atomic E-state index is 13.4. The summed E-state index contributed by atoms with van der Waals surface area (Å²) in [7, 11) is 2.26. The second kappa shape index (κ2) is 9.05. The molecule has 0 radical (unpaired) electrons. The van der Waals surface area contributed by atoms with Crippen LogP contribution in [-0.4, -0.2) is 50.6 Å². The van der Waals surface area contributed by atoms with E-state index in [1.165, 1.54) is 31.9 Å². The zero-order chi connectivity index (χ0) is 22.2. The topological polar surface area (TPSA) is 34.5 Å². The molecule has 0 aliphatic carbocycles. The monoisotopic (exact) mass is 496 g/mol. The second-order valence-electron chi connectivity index (χ2n) is 9.09. The van der Waals surface area contributed by atoms with Gasteiger partial charge in [0, 0.05) is 0 Å². The van der Waals surface area contributed by atoms with Gasteiger partial charge in [-0.1, -0.05) is 0 Å². The molecule has 0 spiro atoms. The standard InChI is InChI=1S/C27H32N2O2Se/c1-4-31-27(30)24-21-14-16-28(3)26(22(21)15-17-32-19-10-6-5-7-11-19)29-23-13-9-8-12-20(23)18(2)25(24)29/h5-13,21-22,24,26H,4,14-17H2,1-3H3/t21-,22?,24?,26+/m0/s1. The quantitative estimate of drug-likeness (QED) is 0.373. The fourth-order valence-corrected chi connectivity index (χ4v) is 8.13. The molecule has 32 heavy (non-hydrogen) atoms. The van der Waals surface area contributed by atoms with Crippen LogP contribution in [0.25, 0.3) is 10.9 Å². The van der Waals surface area contributed by atoms with Crippen LogP contribution in [0.4, 0.5) is 0 Å². The van der Waals surface area contributed by atoms with Gasteiger partial charge < -0.3 is 0 Å². The summed E-state index contributed by atoms with van der Waals surface area (Å²) in [5, 5.41) is 2.47. The van der Waals surface area contributed by atoms with Gasteiger partial charge in [-0.15, -0.1) is 0 Å². The predicted molar refractivity (Wildman–Crippen MR) is 131 cm³/mol. The molecule has 3 heterocycles. The van der Waals surface area contributed by atoms with Gasteiger partial charge in [0.25, 0.3) is 0 Å². The summed E-state index contributed by atoms with van der Waals surface area (Å²) in [5.41, 5.74) is 3.69. The molecule has 4 nitrogen and oxygen atoms in total. The number of aryl methyl sites for hydroxylation is 1. The number of esters is 1. The number of nitrogens with zero attached hydrogens (tertiary/aromatic N) is 2. The van der Waals surface area contributed by atoms with Gasteiger partial charge in [0.1, 0.15) is 0 Å². The molecule has 3 aromatic rings. The van der Waals surface area contributed by atoms with Crippen LogP contribution in [0.2, 0.25) is 5.32 Å². The molecule has 1 saturated heterocycles. The van der Waals surface area contributed by atoms with Gasteiger partial charge in [0.2, 0.25) is 0 Å². The molecule has 4 atom stereocenters. The van der Waals surface area contributed by atoms with Gasteiger partial charge in [-0.05, 0) is 0 Å². The molecule has 168 valence electrons. The number of fused-ring (bicyclic) bond motifs is 6. The van der Waals surface area contributed by atoms with Crippen molar-refractivity contribution in [3.05, 3.63) is 65.9 Å². The van der Waals surface area contributed by atoms with E-state index >= 15 is 0 Å². The zero-order valence-electron chi connectivity index (χ0n) is 19.2. The zero-order valence-corrected chi connectivity index (χ0v) is 20.9. The van der Waals surface area contributed by atoms with Crippen molar-refractivity contribution in [3.8, 4) is 0 Å². The second-order valence-corrected chi connectivity index (χ2v) is 11.5. The van der Waals surface area contributed by atoms with Crippen molar-refractivity contribution in [2.24, 2.45) is 11.8 Å². The number of rotatable bonds is 6. The normalized spacial score (nSPS) is 25.0. The number of para-hydroxylation sites is 1. The Balaban J connectivity index is 1.57. The Morgan fingerprint density at radius 1 is 1.12 bits per heavy atom. The van der Waals surface area contributed by atoms with Crippen molar-refractivity contribution in [1.29, 1.82) is 0 Å². The Morgan fingerprint density at radius 2 is 1.88 bits per heavy atom. The van der Waals surface area contributed by atoms with Gasteiger partial charge in [0.15, 0.2) is 0 Å². The molecular formula is C27H32N2O2Se. The first-order valence-corrected chi connectivity index (χ1v) is 13.8. The minimum absolute atomic E-state index is 0.0359. The molecule has 1 aromatic heterocycles. The van der Waals surface area contributed by atoms with Crippen LogP contribution in [0.3, 0.4) is 0 Å². The Bertz CT molecular complexity index is 1110. The molecule has 2 aliphatic heterocycles. The predicted octanol–water partition coefficient (Wildman–Crippen LogP) is 4.51. The summed E-state index contributed by atoms with van der Waals surface area (Å²) < 4.78 is 9.63. The van der Waals surface area contributed by atoms with Crippen LogP contribution in [0.15, 0.2) is 54.6 Å². The summed E-state index contributed by atoms with van der Waals surface area (Å²) >= 11 is 0.461. The SMILES string of the molecule is CCOC(=O)C1c2c(C)c3ccccc3n2[C@@H]2C(CC[Se]c3ccccc3)[C@@H]1CCN2C. The number of hydrogen-bond donors (Lipinski definition) is 0. The van der Waals surface area contributed by atoms with Crippen LogP contribution in [0.5, 0.6) is 0 Å². The van der Waals surface area contributed by atoms with E-state index in [9.17, 15) is 4.79 Å². The van der Waals surface area contributed by atoms with E-state index < -0.39 is 0 Å². The third kappa shape index (κ3) is 3.61. The van der Waals surface area contributed by atoms with Gasteiger partial charge >= 0.3 is 197 Å². The van der Waals surface area contributed by atoms with Crippen molar-refractivity contribution in [2.45, 2.75) is 44.1 Å². The van der Waals surface area contributed by atoms with E-state index in [1.54, 1.807) is 0 Å². The number of piperidine rings is 1. The molecule has 2 aliphatic rings. The molecule has 0 saturated carbocycles. The Labute approximate surface area is 197 Å².